The normalized spacial score (nSPS) is 13.2. The first-order valence-corrected chi connectivity index (χ1v) is 9.33. The maximum atomic E-state index is 5.54. The van der Waals surface area contributed by atoms with E-state index in [-0.39, 0.29) is 0 Å². The first kappa shape index (κ1) is 16.2. The Kier molecular flexibility index (Phi) is 4.72. The zero-order valence-corrected chi connectivity index (χ0v) is 15.0. The molecule has 0 nitrogen and oxygen atoms in total. The summed E-state index contributed by atoms with van der Waals surface area (Å²) in [6.07, 6.45) is 5.22. The monoisotopic (exact) mass is 344 g/mol. The average molecular weight is 345 g/mol. The van der Waals surface area contributed by atoms with E-state index in [1.807, 2.05) is 30.3 Å². The molecule has 0 saturated carbocycles. The molecule has 124 valence electrons. The zero-order chi connectivity index (χ0) is 17.1. The van der Waals surface area contributed by atoms with Gasteiger partial charge in [0.1, 0.15) is 0 Å². The molecule has 0 atom stereocenters. The summed E-state index contributed by atoms with van der Waals surface area (Å²) in [5.41, 5.74) is 3.17. The van der Waals surface area contributed by atoms with Crippen molar-refractivity contribution >= 4 is 33.1 Å². The van der Waals surface area contributed by atoms with Crippen molar-refractivity contribution in [3.8, 4) is 0 Å². The maximum absolute atomic E-state index is 5.54. The molecular formula is C24H21Cl. The quantitative estimate of drug-likeness (QED) is 0.295. The SMILES string of the molecule is Clc1ccccc1.c1ccc2c(c1)ccc1c3c(ccc12)CCCC3. The summed E-state index contributed by atoms with van der Waals surface area (Å²) in [5, 5.41) is 6.44. The third-order valence-corrected chi connectivity index (χ3v) is 5.24. The Bertz CT molecular complexity index is 1000. The van der Waals surface area contributed by atoms with E-state index in [9.17, 15) is 0 Å². The van der Waals surface area contributed by atoms with Gasteiger partial charge in [-0.25, -0.2) is 0 Å². The highest BCUT2D eigenvalue weighted by atomic mass is 35.5. The molecule has 0 aromatic heterocycles. The number of fused-ring (bicyclic) bond motifs is 5. The van der Waals surface area contributed by atoms with Crippen molar-refractivity contribution in [2.24, 2.45) is 0 Å². The van der Waals surface area contributed by atoms with Crippen molar-refractivity contribution in [2.75, 3.05) is 0 Å². The zero-order valence-electron chi connectivity index (χ0n) is 14.2. The fraction of sp³-hybridized carbons (Fsp3) is 0.167. The molecule has 0 amide bonds. The van der Waals surface area contributed by atoms with E-state index < -0.39 is 0 Å². The van der Waals surface area contributed by atoms with Gasteiger partial charge in [-0.1, -0.05) is 78.3 Å². The Morgan fingerprint density at radius 3 is 2.08 bits per heavy atom. The lowest BCUT2D eigenvalue weighted by molar-refractivity contribution is 0.690. The minimum absolute atomic E-state index is 0.794. The van der Waals surface area contributed by atoms with Crippen LogP contribution in [0.3, 0.4) is 0 Å². The number of rotatable bonds is 0. The molecule has 0 radical (unpaired) electrons. The van der Waals surface area contributed by atoms with Gasteiger partial charge in [0.05, 0.1) is 0 Å². The molecule has 0 saturated heterocycles. The van der Waals surface area contributed by atoms with E-state index in [1.165, 1.54) is 47.2 Å². The molecular weight excluding hydrogens is 324 g/mol. The Labute approximate surface area is 154 Å². The van der Waals surface area contributed by atoms with Gasteiger partial charge in [0, 0.05) is 5.02 Å². The second-order valence-electron chi connectivity index (χ2n) is 6.59. The number of hydrogen-bond acceptors (Lipinski definition) is 0. The summed E-state index contributed by atoms with van der Waals surface area (Å²) in [5.74, 6) is 0. The third kappa shape index (κ3) is 3.41. The van der Waals surface area contributed by atoms with Crippen molar-refractivity contribution < 1.29 is 0 Å². The number of aryl methyl sites for hydroxylation is 2. The van der Waals surface area contributed by atoms with Gasteiger partial charge in [0.2, 0.25) is 0 Å². The van der Waals surface area contributed by atoms with E-state index in [4.69, 9.17) is 11.6 Å². The van der Waals surface area contributed by atoms with Crippen molar-refractivity contribution in [1.82, 2.24) is 0 Å². The molecule has 4 aromatic rings. The Morgan fingerprint density at radius 2 is 1.28 bits per heavy atom. The van der Waals surface area contributed by atoms with Crippen LogP contribution < -0.4 is 0 Å². The van der Waals surface area contributed by atoms with Gasteiger partial charge >= 0.3 is 0 Å². The molecule has 1 aliphatic rings. The summed E-state index contributed by atoms with van der Waals surface area (Å²) in [6.45, 7) is 0. The smallest absolute Gasteiger partial charge is 0.0405 e. The average Bonchev–Trinajstić information content (AvgIpc) is 2.68. The van der Waals surface area contributed by atoms with Crippen molar-refractivity contribution in [3.63, 3.8) is 0 Å². The van der Waals surface area contributed by atoms with Crippen LogP contribution in [-0.2, 0) is 12.8 Å². The maximum Gasteiger partial charge on any atom is 0.0405 e. The first-order chi connectivity index (χ1) is 12.3. The topological polar surface area (TPSA) is 0 Å². The van der Waals surface area contributed by atoms with Gasteiger partial charge < -0.3 is 0 Å². The van der Waals surface area contributed by atoms with E-state index in [1.54, 1.807) is 11.1 Å². The van der Waals surface area contributed by atoms with E-state index in [0.29, 0.717) is 0 Å². The van der Waals surface area contributed by atoms with E-state index in [0.717, 1.165) is 5.02 Å². The second kappa shape index (κ2) is 7.29. The molecule has 0 aliphatic heterocycles. The van der Waals surface area contributed by atoms with Gasteiger partial charge in [-0.3, -0.25) is 0 Å². The van der Waals surface area contributed by atoms with Crippen LogP contribution in [0.2, 0.25) is 5.02 Å². The van der Waals surface area contributed by atoms with Crippen molar-refractivity contribution in [3.05, 3.63) is 95.0 Å². The Hall–Kier alpha value is -2.31. The highest BCUT2D eigenvalue weighted by molar-refractivity contribution is 6.30. The second-order valence-corrected chi connectivity index (χ2v) is 7.02. The Morgan fingerprint density at radius 1 is 0.560 bits per heavy atom. The molecule has 0 bridgehead atoms. The lowest BCUT2D eigenvalue weighted by Gasteiger charge is -2.18. The molecule has 1 heteroatoms. The van der Waals surface area contributed by atoms with Gasteiger partial charge in [0.15, 0.2) is 0 Å². The molecule has 0 N–H and O–H groups in total. The van der Waals surface area contributed by atoms with Crippen LogP contribution in [0.25, 0.3) is 21.5 Å². The molecule has 25 heavy (non-hydrogen) atoms. The highest BCUT2D eigenvalue weighted by Crippen LogP contribution is 2.33. The van der Waals surface area contributed by atoms with Crippen LogP contribution in [0.15, 0.2) is 78.9 Å². The summed E-state index contributed by atoms with van der Waals surface area (Å²) >= 11 is 5.54. The van der Waals surface area contributed by atoms with Gasteiger partial charge in [0.25, 0.3) is 0 Å². The molecule has 0 heterocycles. The highest BCUT2D eigenvalue weighted by Gasteiger charge is 2.13. The minimum atomic E-state index is 0.794. The predicted molar refractivity (Wildman–Crippen MR) is 110 cm³/mol. The van der Waals surface area contributed by atoms with Crippen LogP contribution in [0.1, 0.15) is 24.0 Å². The largest absolute Gasteiger partial charge is 0.0843 e. The molecule has 0 unspecified atom stereocenters. The van der Waals surface area contributed by atoms with Crippen molar-refractivity contribution in [2.45, 2.75) is 25.7 Å². The lowest BCUT2D eigenvalue weighted by atomic mass is 9.86. The summed E-state index contributed by atoms with van der Waals surface area (Å²) < 4.78 is 0. The standard InChI is InChI=1S/C18H16.C6H5Cl/c1-3-7-15-13(5-1)9-11-18-16-8-4-2-6-14(16)10-12-17(15)18;7-6-4-2-1-3-5-6/h1,3,5,7,9-12H,2,4,6,8H2;1-5H. The molecule has 1 aliphatic carbocycles. The fourth-order valence-electron chi connectivity index (χ4n) is 3.76. The van der Waals surface area contributed by atoms with E-state index in [2.05, 4.69) is 48.5 Å². The molecule has 0 spiro atoms. The van der Waals surface area contributed by atoms with Crippen LogP contribution >= 0.6 is 11.6 Å². The first-order valence-electron chi connectivity index (χ1n) is 8.96. The molecule has 0 fully saturated rings. The minimum Gasteiger partial charge on any atom is -0.0843 e. The van der Waals surface area contributed by atoms with Crippen LogP contribution in [0.4, 0.5) is 0 Å². The van der Waals surface area contributed by atoms with Gasteiger partial charge in [-0.2, -0.15) is 0 Å². The third-order valence-electron chi connectivity index (χ3n) is 4.99. The number of hydrogen-bond donors (Lipinski definition) is 0. The van der Waals surface area contributed by atoms with Crippen LogP contribution in [0.5, 0.6) is 0 Å². The summed E-state index contributed by atoms with van der Waals surface area (Å²) in [7, 11) is 0. The number of benzene rings is 4. The number of halogens is 1. The molecule has 5 rings (SSSR count). The fourth-order valence-corrected chi connectivity index (χ4v) is 3.90. The van der Waals surface area contributed by atoms with E-state index >= 15 is 0 Å². The lowest BCUT2D eigenvalue weighted by Crippen LogP contribution is -2.02. The van der Waals surface area contributed by atoms with Crippen LogP contribution in [0, 0.1) is 0 Å². The summed E-state index contributed by atoms with van der Waals surface area (Å²) in [6, 6.07) is 27.4. The Balaban J connectivity index is 0.000000190. The van der Waals surface area contributed by atoms with Gasteiger partial charge in [-0.05, 0) is 70.5 Å². The van der Waals surface area contributed by atoms with Gasteiger partial charge in [-0.15, -0.1) is 0 Å². The summed E-state index contributed by atoms with van der Waals surface area (Å²) in [4.78, 5) is 0. The predicted octanol–water partition coefficient (Wildman–Crippen LogP) is 7.21. The van der Waals surface area contributed by atoms with Crippen molar-refractivity contribution in [1.29, 1.82) is 0 Å². The van der Waals surface area contributed by atoms with Crippen LogP contribution in [-0.4, -0.2) is 0 Å². The molecule has 4 aromatic carbocycles.